The fraction of sp³-hybridized carbons (Fsp3) is 0.647. The van der Waals surface area contributed by atoms with Crippen molar-refractivity contribution < 1.29 is 4.74 Å². The van der Waals surface area contributed by atoms with Gasteiger partial charge in [-0.15, -0.1) is 0 Å². The van der Waals surface area contributed by atoms with Crippen molar-refractivity contribution in [2.75, 3.05) is 13.2 Å². The number of benzene rings is 1. The predicted molar refractivity (Wildman–Crippen MR) is 81.0 cm³/mol. The standard InChI is InChI=1S/C17H27NO/c1-17(2,3)18-11-4-5-12-19-16-10-9-14-7-6-8-15(14)13-16/h9-10,13,18H,4-8,11-12H2,1-3H3. The molecule has 0 radical (unpaired) electrons. The van der Waals surface area contributed by atoms with E-state index in [1.54, 1.807) is 0 Å². The fourth-order valence-electron chi connectivity index (χ4n) is 2.52. The zero-order chi connectivity index (χ0) is 13.7. The third-order valence-electron chi connectivity index (χ3n) is 3.57. The smallest absolute Gasteiger partial charge is 0.119 e. The lowest BCUT2D eigenvalue weighted by atomic mass is 10.1. The minimum Gasteiger partial charge on any atom is -0.494 e. The van der Waals surface area contributed by atoms with Crippen molar-refractivity contribution in [2.24, 2.45) is 0 Å². The first kappa shape index (κ1) is 14.4. The first-order valence-corrected chi connectivity index (χ1v) is 7.54. The number of ether oxygens (including phenoxy) is 1. The third-order valence-corrected chi connectivity index (χ3v) is 3.57. The highest BCUT2D eigenvalue weighted by atomic mass is 16.5. The van der Waals surface area contributed by atoms with E-state index in [-0.39, 0.29) is 5.54 Å². The van der Waals surface area contributed by atoms with E-state index in [2.05, 4.69) is 44.3 Å². The van der Waals surface area contributed by atoms with Crippen LogP contribution < -0.4 is 10.1 Å². The maximum absolute atomic E-state index is 5.84. The summed E-state index contributed by atoms with van der Waals surface area (Å²) in [7, 11) is 0. The van der Waals surface area contributed by atoms with E-state index in [1.807, 2.05) is 0 Å². The van der Waals surface area contributed by atoms with Crippen molar-refractivity contribution in [1.29, 1.82) is 0 Å². The van der Waals surface area contributed by atoms with Crippen molar-refractivity contribution in [3.8, 4) is 5.75 Å². The molecule has 0 bridgehead atoms. The largest absolute Gasteiger partial charge is 0.494 e. The molecule has 1 aliphatic rings. The monoisotopic (exact) mass is 261 g/mol. The lowest BCUT2D eigenvalue weighted by molar-refractivity contribution is 0.301. The molecule has 2 heteroatoms. The van der Waals surface area contributed by atoms with Gasteiger partial charge in [0.2, 0.25) is 0 Å². The van der Waals surface area contributed by atoms with E-state index >= 15 is 0 Å². The summed E-state index contributed by atoms with van der Waals surface area (Å²) in [5.74, 6) is 1.05. The Bertz CT molecular complexity index is 406. The minimum atomic E-state index is 0.223. The van der Waals surface area contributed by atoms with Gasteiger partial charge < -0.3 is 10.1 Å². The number of hydrogen-bond donors (Lipinski definition) is 1. The average molecular weight is 261 g/mol. The molecule has 0 heterocycles. The third kappa shape index (κ3) is 4.87. The van der Waals surface area contributed by atoms with Gasteiger partial charge in [-0.25, -0.2) is 0 Å². The predicted octanol–water partition coefficient (Wildman–Crippen LogP) is 3.72. The summed E-state index contributed by atoms with van der Waals surface area (Å²) < 4.78 is 5.84. The molecule has 2 nitrogen and oxygen atoms in total. The summed E-state index contributed by atoms with van der Waals surface area (Å²) in [6.07, 6.45) is 6.05. The topological polar surface area (TPSA) is 21.3 Å². The van der Waals surface area contributed by atoms with Gasteiger partial charge in [0.25, 0.3) is 0 Å². The zero-order valence-electron chi connectivity index (χ0n) is 12.6. The molecule has 0 fully saturated rings. The second-order valence-electron chi connectivity index (χ2n) is 6.52. The molecule has 0 amide bonds. The Balaban J connectivity index is 1.63. The number of nitrogens with one attached hydrogen (secondary N) is 1. The van der Waals surface area contributed by atoms with Crippen LogP contribution in [0.5, 0.6) is 5.75 Å². The van der Waals surface area contributed by atoms with E-state index in [1.165, 1.54) is 36.8 Å². The van der Waals surface area contributed by atoms with Crippen molar-refractivity contribution in [3.05, 3.63) is 29.3 Å². The molecule has 106 valence electrons. The lowest BCUT2D eigenvalue weighted by Gasteiger charge is -2.20. The Hall–Kier alpha value is -1.02. The Morgan fingerprint density at radius 1 is 1.11 bits per heavy atom. The van der Waals surface area contributed by atoms with Gasteiger partial charge in [-0.2, -0.15) is 0 Å². The van der Waals surface area contributed by atoms with Gasteiger partial charge in [0.05, 0.1) is 6.61 Å². The quantitative estimate of drug-likeness (QED) is 0.788. The highest BCUT2D eigenvalue weighted by Crippen LogP contribution is 2.26. The van der Waals surface area contributed by atoms with Crippen molar-refractivity contribution in [1.82, 2.24) is 5.32 Å². The number of hydrogen-bond acceptors (Lipinski definition) is 2. The lowest BCUT2D eigenvalue weighted by Crippen LogP contribution is -2.36. The molecule has 1 aliphatic carbocycles. The number of rotatable bonds is 6. The maximum Gasteiger partial charge on any atom is 0.119 e. The summed E-state index contributed by atoms with van der Waals surface area (Å²) in [5, 5.41) is 3.50. The van der Waals surface area contributed by atoms with Crippen LogP contribution in [0.15, 0.2) is 18.2 Å². The number of fused-ring (bicyclic) bond motifs is 1. The summed E-state index contributed by atoms with van der Waals surface area (Å²) in [4.78, 5) is 0. The van der Waals surface area contributed by atoms with Crippen LogP contribution in [0, 0.1) is 0 Å². The van der Waals surface area contributed by atoms with Crippen LogP contribution in [0.2, 0.25) is 0 Å². The minimum absolute atomic E-state index is 0.223. The molecule has 0 saturated heterocycles. The van der Waals surface area contributed by atoms with E-state index in [4.69, 9.17) is 4.74 Å². The maximum atomic E-state index is 5.84. The molecule has 0 aliphatic heterocycles. The van der Waals surface area contributed by atoms with Crippen LogP contribution in [-0.4, -0.2) is 18.7 Å². The second-order valence-corrected chi connectivity index (χ2v) is 6.52. The van der Waals surface area contributed by atoms with Crippen LogP contribution in [0.25, 0.3) is 0 Å². The molecular weight excluding hydrogens is 234 g/mol. The van der Waals surface area contributed by atoms with Gasteiger partial charge in [-0.1, -0.05) is 6.07 Å². The van der Waals surface area contributed by atoms with Crippen LogP contribution in [0.3, 0.4) is 0 Å². The molecule has 0 saturated carbocycles. The molecule has 0 atom stereocenters. The van der Waals surface area contributed by atoms with Gasteiger partial charge in [0, 0.05) is 5.54 Å². The Morgan fingerprint density at radius 3 is 2.68 bits per heavy atom. The van der Waals surface area contributed by atoms with Crippen molar-refractivity contribution in [3.63, 3.8) is 0 Å². The molecular formula is C17H27NO. The summed E-state index contributed by atoms with van der Waals surface area (Å²) in [6.45, 7) is 8.50. The first-order valence-electron chi connectivity index (χ1n) is 7.54. The Labute approximate surface area is 117 Å². The summed E-state index contributed by atoms with van der Waals surface area (Å²) in [5.41, 5.74) is 3.23. The van der Waals surface area contributed by atoms with Crippen LogP contribution in [-0.2, 0) is 12.8 Å². The zero-order valence-corrected chi connectivity index (χ0v) is 12.6. The molecule has 0 spiro atoms. The Morgan fingerprint density at radius 2 is 1.89 bits per heavy atom. The average Bonchev–Trinajstić information content (AvgIpc) is 2.79. The normalized spacial score (nSPS) is 14.5. The molecule has 1 aromatic carbocycles. The van der Waals surface area contributed by atoms with Gasteiger partial charge in [-0.05, 0) is 82.7 Å². The van der Waals surface area contributed by atoms with E-state index in [0.29, 0.717) is 0 Å². The summed E-state index contributed by atoms with van der Waals surface area (Å²) >= 11 is 0. The van der Waals surface area contributed by atoms with E-state index in [9.17, 15) is 0 Å². The molecule has 2 rings (SSSR count). The van der Waals surface area contributed by atoms with Gasteiger partial charge in [0.1, 0.15) is 5.75 Å². The van der Waals surface area contributed by atoms with Gasteiger partial charge in [0.15, 0.2) is 0 Å². The first-order chi connectivity index (χ1) is 9.04. The van der Waals surface area contributed by atoms with Crippen LogP contribution >= 0.6 is 0 Å². The Kier molecular flexibility index (Phi) is 4.87. The molecule has 0 aromatic heterocycles. The molecule has 1 N–H and O–H groups in total. The summed E-state index contributed by atoms with van der Waals surface area (Å²) in [6, 6.07) is 6.59. The molecule has 19 heavy (non-hydrogen) atoms. The van der Waals surface area contributed by atoms with Crippen molar-refractivity contribution >= 4 is 0 Å². The van der Waals surface area contributed by atoms with E-state index < -0.39 is 0 Å². The van der Waals surface area contributed by atoms with Crippen molar-refractivity contribution in [2.45, 2.75) is 58.4 Å². The molecule has 0 unspecified atom stereocenters. The fourth-order valence-corrected chi connectivity index (χ4v) is 2.52. The van der Waals surface area contributed by atoms with Crippen LogP contribution in [0.1, 0.15) is 51.2 Å². The SMILES string of the molecule is CC(C)(C)NCCCCOc1ccc2c(c1)CCC2. The highest BCUT2D eigenvalue weighted by molar-refractivity contribution is 5.38. The number of unbranched alkanes of at least 4 members (excludes halogenated alkanes) is 1. The molecule has 1 aromatic rings. The number of aryl methyl sites for hydroxylation is 2. The van der Waals surface area contributed by atoms with Crippen LogP contribution in [0.4, 0.5) is 0 Å². The van der Waals surface area contributed by atoms with Gasteiger partial charge >= 0.3 is 0 Å². The second kappa shape index (κ2) is 6.42. The van der Waals surface area contributed by atoms with Gasteiger partial charge in [-0.3, -0.25) is 0 Å². The highest BCUT2D eigenvalue weighted by Gasteiger charge is 2.11. The van der Waals surface area contributed by atoms with E-state index in [0.717, 1.165) is 25.3 Å².